The van der Waals surface area contributed by atoms with Gasteiger partial charge in [-0.25, -0.2) is 0 Å². The number of aliphatic hydroxyl groups is 3. The summed E-state index contributed by atoms with van der Waals surface area (Å²) in [7, 11) is 0. The number of aliphatic hydroxyl groups excluding tert-OH is 2. The Labute approximate surface area is 143 Å². The predicted octanol–water partition coefficient (Wildman–Crippen LogP) is 2.84. The van der Waals surface area contributed by atoms with E-state index in [1.165, 1.54) is 0 Å². The molecule has 3 aliphatic carbocycles. The highest BCUT2D eigenvalue weighted by molar-refractivity contribution is 5.32. The lowest BCUT2D eigenvalue weighted by atomic mass is 9.42. The largest absolute Gasteiger partial charge is 0.469 e. The first-order valence-corrected chi connectivity index (χ1v) is 9.26. The highest BCUT2D eigenvalue weighted by Crippen LogP contribution is 2.65. The van der Waals surface area contributed by atoms with Gasteiger partial charge in [-0.3, -0.25) is 0 Å². The van der Waals surface area contributed by atoms with Gasteiger partial charge in [0, 0.05) is 17.9 Å². The Hall–Kier alpha value is -0.840. The summed E-state index contributed by atoms with van der Waals surface area (Å²) in [5, 5.41) is 33.4. The Morgan fingerprint density at radius 1 is 1.08 bits per heavy atom. The molecule has 1 heterocycles. The highest BCUT2D eigenvalue weighted by Gasteiger charge is 2.66. The van der Waals surface area contributed by atoms with Gasteiger partial charge in [0.25, 0.3) is 0 Å². The number of hydrogen-bond acceptors (Lipinski definition) is 4. The van der Waals surface area contributed by atoms with Crippen LogP contribution in [0.5, 0.6) is 0 Å². The summed E-state index contributed by atoms with van der Waals surface area (Å²) in [4.78, 5) is 0. The Bertz CT molecular complexity index is 646. The average Bonchev–Trinajstić information content (AvgIpc) is 2.93. The van der Waals surface area contributed by atoms with Gasteiger partial charge in [0.05, 0.1) is 24.1 Å². The first-order chi connectivity index (χ1) is 11.1. The van der Waals surface area contributed by atoms with E-state index in [9.17, 15) is 15.3 Å². The lowest BCUT2D eigenvalue weighted by Gasteiger charge is -2.65. The van der Waals surface area contributed by atoms with Crippen molar-refractivity contribution >= 4 is 0 Å². The van der Waals surface area contributed by atoms with Crippen LogP contribution in [0, 0.1) is 28.6 Å². The molecule has 7 atom stereocenters. The van der Waals surface area contributed by atoms with E-state index in [0.717, 1.165) is 37.0 Å². The molecule has 0 radical (unpaired) electrons. The molecule has 0 saturated heterocycles. The molecule has 4 nitrogen and oxygen atoms in total. The van der Waals surface area contributed by atoms with Gasteiger partial charge < -0.3 is 19.7 Å². The van der Waals surface area contributed by atoms with Crippen LogP contribution < -0.4 is 0 Å². The minimum atomic E-state index is -1.18. The molecular weight excluding hydrogens is 304 g/mol. The van der Waals surface area contributed by atoms with E-state index in [1.807, 2.05) is 6.07 Å². The SMILES string of the molecule is CC1(C)CCCC2(C)C3Cc4occc4C(C)(O)C3C(O)C(O)C12. The second-order valence-corrected chi connectivity index (χ2v) is 9.55. The van der Waals surface area contributed by atoms with Crippen molar-refractivity contribution < 1.29 is 19.7 Å². The van der Waals surface area contributed by atoms with Crippen LogP contribution in [0.4, 0.5) is 0 Å². The molecule has 4 heteroatoms. The number of rotatable bonds is 0. The Morgan fingerprint density at radius 2 is 1.79 bits per heavy atom. The third kappa shape index (κ3) is 1.91. The number of fused-ring (bicyclic) bond motifs is 4. The molecule has 0 bridgehead atoms. The fraction of sp³-hybridized carbons (Fsp3) is 0.800. The Morgan fingerprint density at radius 3 is 2.50 bits per heavy atom. The maximum atomic E-state index is 11.3. The van der Waals surface area contributed by atoms with Crippen molar-refractivity contribution in [3.8, 4) is 0 Å². The maximum Gasteiger partial charge on any atom is 0.110 e. The monoisotopic (exact) mass is 334 g/mol. The van der Waals surface area contributed by atoms with E-state index >= 15 is 0 Å². The summed E-state index contributed by atoms with van der Waals surface area (Å²) in [6.45, 7) is 8.45. The van der Waals surface area contributed by atoms with Crippen molar-refractivity contribution in [1.82, 2.24) is 0 Å². The van der Waals surface area contributed by atoms with Crippen LogP contribution >= 0.6 is 0 Å². The maximum absolute atomic E-state index is 11.3. The topological polar surface area (TPSA) is 73.8 Å². The quantitative estimate of drug-likeness (QED) is 0.682. The molecule has 24 heavy (non-hydrogen) atoms. The zero-order chi connectivity index (χ0) is 17.5. The Balaban J connectivity index is 1.88. The van der Waals surface area contributed by atoms with Gasteiger partial charge in [-0.15, -0.1) is 0 Å². The zero-order valence-electron chi connectivity index (χ0n) is 15.1. The summed E-state index contributed by atoms with van der Waals surface area (Å²) >= 11 is 0. The molecule has 0 amide bonds. The fourth-order valence-corrected chi connectivity index (χ4v) is 6.87. The molecule has 134 valence electrons. The second-order valence-electron chi connectivity index (χ2n) is 9.55. The van der Waals surface area contributed by atoms with Crippen molar-refractivity contribution in [3.63, 3.8) is 0 Å². The number of furan rings is 1. The normalized spacial score (nSPS) is 49.9. The third-order valence-electron chi connectivity index (χ3n) is 7.77. The first-order valence-electron chi connectivity index (χ1n) is 9.26. The summed E-state index contributed by atoms with van der Waals surface area (Å²) < 4.78 is 5.68. The molecule has 1 aromatic heterocycles. The van der Waals surface area contributed by atoms with Crippen molar-refractivity contribution in [2.45, 2.75) is 71.2 Å². The molecule has 0 spiro atoms. The van der Waals surface area contributed by atoms with E-state index in [1.54, 1.807) is 13.2 Å². The molecule has 3 N–H and O–H groups in total. The lowest BCUT2D eigenvalue weighted by Crippen LogP contribution is -2.67. The highest BCUT2D eigenvalue weighted by atomic mass is 16.3. The number of hydrogen-bond donors (Lipinski definition) is 3. The van der Waals surface area contributed by atoms with Gasteiger partial charge in [-0.2, -0.15) is 0 Å². The smallest absolute Gasteiger partial charge is 0.110 e. The summed E-state index contributed by atoms with van der Waals surface area (Å²) in [6, 6.07) is 1.81. The molecule has 2 saturated carbocycles. The van der Waals surface area contributed by atoms with E-state index < -0.39 is 17.8 Å². The molecule has 2 fully saturated rings. The van der Waals surface area contributed by atoms with Gasteiger partial charge in [-0.05, 0) is 48.5 Å². The van der Waals surface area contributed by atoms with Gasteiger partial charge in [0.15, 0.2) is 0 Å². The minimum absolute atomic E-state index is 0.0202. The first kappa shape index (κ1) is 16.6. The van der Waals surface area contributed by atoms with Crippen LogP contribution in [0.25, 0.3) is 0 Å². The average molecular weight is 334 g/mol. The van der Waals surface area contributed by atoms with E-state index in [2.05, 4.69) is 20.8 Å². The molecule has 3 aliphatic rings. The third-order valence-corrected chi connectivity index (χ3v) is 7.77. The van der Waals surface area contributed by atoms with Crippen LogP contribution in [-0.2, 0) is 12.0 Å². The van der Waals surface area contributed by atoms with Crippen molar-refractivity contribution in [2.75, 3.05) is 0 Å². The van der Waals surface area contributed by atoms with Gasteiger partial charge in [-0.1, -0.05) is 27.2 Å². The van der Waals surface area contributed by atoms with Crippen LogP contribution in [0.3, 0.4) is 0 Å². The van der Waals surface area contributed by atoms with Gasteiger partial charge >= 0.3 is 0 Å². The summed E-state index contributed by atoms with van der Waals surface area (Å²) in [5.74, 6) is 0.609. The molecular formula is C20H30O4. The van der Waals surface area contributed by atoms with E-state index in [0.29, 0.717) is 0 Å². The summed E-state index contributed by atoms with van der Waals surface area (Å²) in [6.07, 6.45) is 3.86. The fourth-order valence-electron chi connectivity index (χ4n) is 6.87. The molecule has 7 unspecified atom stereocenters. The predicted molar refractivity (Wildman–Crippen MR) is 90.2 cm³/mol. The Kier molecular flexibility index (Phi) is 3.37. The summed E-state index contributed by atoms with van der Waals surface area (Å²) in [5.41, 5.74) is -0.541. The second kappa shape index (κ2) is 4.87. The van der Waals surface area contributed by atoms with Gasteiger partial charge in [0.1, 0.15) is 5.76 Å². The van der Waals surface area contributed by atoms with Crippen LogP contribution in [0.2, 0.25) is 0 Å². The van der Waals surface area contributed by atoms with E-state index in [-0.39, 0.29) is 28.6 Å². The molecule has 1 aromatic rings. The van der Waals surface area contributed by atoms with Crippen LogP contribution in [-0.4, -0.2) is 27.5 Å². The zero-order valence-corrected chi connectivity index (χ0v) is 15.1. The van der Waals surface area contributed by atoms with Crippen molar-refractivity contribution in [2.24, 2.45) is 28.6 Å². The molecule has 0 aliphatic heterocycles. The van der Waals surface area contributed by atoms with Crippen LogP contribution in [0.1, 0.15) is 58.3 Å². The van der Waals surface area contributed by atoms with Gasteiger partial charge in [0.2, 0.25) is 0 Å². The van der Waals surface area contributed by atoms with Crippen LogP contribution in [0.15, 0.2) is 16.7 Å². The van der Waals surface area contributed by atoms with Crippen molar-refractivity contribution in [3.05, 3.63) is 23.7 Å². The van der Waals surface area contributed by atoms with E-state index in [4.69, 9.17) is 4.42 Å². The molecule has 0 aromatic carbocycles. The van der Waals surface area contributed by atoms with Crippen molar-refractivity contribution in [1.29, 1.82) is 0 Å². The lowest BCUT2D eigenvalue weighted by molar-refractivity contribution is -0.250. The molecule has 4 rings (SSSR count). The minimum Gasteiger partial charge on any atom is -0.469 e. The standard InChI is InChI=1S/C20H30O4/c1-18(2)7-5-8-19(3)12-10-13-11(6-9-24-13)20(4,23)14(12)15(21)16(22)17(18)19/h6,9,12,14-17,21-23H,5,7-8,10H2,1-4H3.